The van der Waals surface area contributed by atoms with Crippen molar-refractivity contribution in [2.75, 3.05) is 13.2 Å². The molecule has 1 aromatic rings. The summed E-state index contributed by atoms with van der Waals surface area (Å²) in [5.41, 5.74) is 0. The molecule has 2 rings (SSSR count). The number of furan rings is 1. The summed E-state index contributed by atoms with van der Waals surface area (Å²) in [5.74, 6) is 0.168. The molecule has 0 aromatic carbocycles. The number of amides is 2. The maximum absolute atomic E-state index is 12.0. The van der Waals surface area contributed by atoms with Crippen LogP contribution in [0.2, 0.25) is 0 Å². The van der Waals surface area contributed by atoms with Crippen LogP contribution in [-0.4, -0.2) is 36.1 Å². The van der Waals surface area contributed by atoms with E-state index in [1.165, 1.54) is 12.7 Å². The van der Waals surface area contributed by atoms with Gasteiger partial charge in [-0.3, -0.25) is 9.59 Å². The van der Waals surface area contributed by atoms with Gasteiger partial charge in [0.05, 0.1) is 6.26 Å². The lowest BCUT2D eigenvalue weighted by Crippen LogP contribution is -2.41. The van der Waals surface area contributed by atoms with Gasteiger partial charge in [0.2, 0.25) is 5.91 Å². The monoisotopic (exact) mass is 322 g/mol. The van der Waals surface area contributed by atoms with Gasteiger partial charge < -0.3 is 20.2 Å². The third kappa shape index (κ3) is 5.71. The number of carbonyl (C=O) groups is 2. The van der Waals surface area contributed by atoms with Gasteiger partial charge in [-0.25, -0.2) is 0 Å². The Bertz CT molecular complexity index is 487. The summed E-state index contributed by atoms with van der Waals surface area (Å²) in [7, 11) is 0. The predicted molar refractivity (Wildman–Crippen MR) is 85.9 cm³/mol. The van der Waals surface area contributed by atoms with Crippen LogP contribution in [0.1, 0.15) is 55.5 Å². The molecule has 6 nitrogen and oxygen atoms in total. The minimum atomic E-state index is -0.264. The second kappa shape index (κ2) is 9.35. The summed E-state index contributed by atoms with van der Waals surface area (Å²) < 4.78 is 4.99. The number of carbonyl (C=O) groups excluding carboxylic acids is 2. The SMILES string of the molecule is O=C(CCCNC(=O)c1ccco1)NC1CCCCCC1CO. The van der Waals surface area contributed by atoms with E-state index in [-0.39, 0.29) is 36.1 Å². The van der Waals surface area contributed by atoms with E-state index in [0.717, 1.165) is 25.7 Å². The fourth-order valence-electron chi connectivity index (χ4n) is 3.02. The van der Waals surface area contributed by atoms with Crippen molar-refractivity contribution in [2.45, 2.75) is 51.0 Å². The van der Waals surface area contributed by atoms with Crippen molar-refractivity contribution < 1.29 is 19.1 Å². The normalized spacial score (nSPS) is 21.4. The largest absolute Gasteiger partial charge is 0.459 e. The molecule has 0 bridgehead atoms. The van der Waals surface area contributed by atoms with Gasteiger partial charge in [0, 0.05) is 31.5 Å². The minimum Gasteiger partial charge on any atom is -0.459 e. The van der Waals surface area contributed by atoms with Crippen LogP contribution in [0.15, 0.2) is 22.8 Å². The van der Waals surface area contributed by atoms with E-state index in [1.54, 1.807) is 12.1 Å². The lowest BCUT2D eigenvalue weighted by molar-refractivity contribution is -0.122. The van der Waals surface area contributed by atoms with E-state index >= 15 is 0 Å². The molecule has 1 aliphatic rings. The molecule has 0 aliphatic heterocycles. The van der Waals surface area contributed by atoms with Crippen molar-refractivity contribution in [2.24, 2.45) is 5.92 Å². The molecule has 128 valence electrons. The first kappa shape index (κ1) is 17.5. The quantitative estimate of drug-likeness (QED) is 0.528. The van der Waals surface area contributed by atoms with Gasteiger partial charge in [-0.1, -0.05) is 19.3 Å². The molecule has 3 N–H and O–H groups in total. The van der Waals surface area contributed by atoms with Crippen molar-refractivity contribution in [1.29, 1.82) is 0 Å². The highest BCUT2D eigenvalue weighted by Gasteiger charge is 2.24. The van der Waals surface area contributed by atoms with Gasteiger partial charge in [0.15, 0.2) is 5.76 Å². The molecule has 2 amide bonds. The van der Waals surface area contributed by atoms with E-state index in [2.05, 4.69) is 10.6 Å². The van der Waals surface area contributed by atoms with E-state index in [1.807, 2.05) is 0 Å². The summed E-state index contributed by atoms with van der Waals surface area (Å²) in [6.07, 6.45) is 7.69. The Kier molecular flexibility index (Phi) is 7.13. The first-order valence-corrected chi connectivity index (χ1v) is 8.42. The summed E-state index contributed by atoms with van der Waals surface area (Å²) >= 11 is 0. The average molecular weight is 322 g/mol. The molecule has 1 heterocycles. The fraction of sp³-hybridized carbons (Fsp3) is 0.647. The van der Waals surface area contributed by atoms with Gasteiger partial charge in [0.25, 0.3) is 5.91 Å². The molecule has 2 atom stereocenters. The molecule has 0 saturated heterocycles. The number of rotatable bonds is 7. The summed E-state index contributed by atoms with van der Waals surface area (Å²) in [4.78, 5) is 23.7. The van der Waals surface area contributed by atoms with E-state index < -0.39 is 0 Å². The van der Waals surface area contributed by atoms with Crippen LogP contribution < -0.4 is 10.6 Å². The van der Waals surface area contributed by atoms with Crippen LogP contribution in [-0.2, 0) is 4.79 Å². The molecular formula is C17H26N2O4. The number of hydrogen-bond donors (Lipinski definition) is 3. The number of aliphatic hydroxyl groups is 1. The van der Waals surface area contributed by atoms with Crippen LogP contribution in [0, 0.1) is 5.92 Å². The maximum Gasteiger partial charge on any atom is 0.286 e. The van der Waals surface area contributed by atoms with Crippen molar-refractivity contribution in [3.8, 4) is 0 Å². The molecule has 1 aliphatic carbocycles. The molecule has 1 fully saturated rings. The Morgan fingerprint density at radius 3 is 2.83 bits per heavy atom. The summed E-state index contributed by atoms with van der Waals surface area (Å²) in [6.45, 7) is 0.561. The fourth-order valence-corrected chi connectivity index (χ4v) is 3.02. The highest BCUT2D eigenvalue weighted by atomic mass is 16.3. The van der Waals surface area contributed by atoms with E-state index in [9.17, 15) is 14.7 Å². The molecule has 1 aromatic heterocycles. The first-order chi connectivity index (χ1) is 11.2. The zero-order chi connectivity index (χ0) is 16.5. The smallest absolute Gasteiger partial charge is 0.286 e. The lowest BCUT2D eigenvalue weighted by atomic mass is 9.95. The number of aliphatic hydroxyl groups excluding tert-OH is 1. The zero-order valence-corrected chi connectivity index (χ0v) is 13.4. The van der Waals surface area contributed by atoms with Crippen LogP contribution in [0.5, 0.6) is 0 Å². The van der Waals surface area contributed by atoms with E-state index in [0.29, 0.717) is 19.4 Å². The van der Waals surface area contributed by atoms with Crippen LogP contribution in [0.4, 0.5) is 0 Å². The van der Waals surface area contributed by atoms with Gasteiger partial charge in [-0.15, -0.1) is 0 Å². The van der Waals surface area contributed by atoms with Crippen molar-refractivity contribution in [3.05, 3.63) is 24.2 Å². The van der Waals surface area contributed by atoms with Crippen molar-refractivity contribution in [1.82, 2.24) is 10.6 Å². The summed E-state index contributed by atoms with van der Waals surface area (Å²) in [5, 5.41) is 15.2. The molecule has 6 heteroatoms. The van der Waals surface area contributed by atoms with Gasteiger partial charge in [-0.2, -0.15) is 0 Å². The minimum absolute atomic E-state index is 0.0115. The van der Waals surface area contributed by atoms with Crippen molar-refractivity contribution in [3.63, 3.8) is 0 Å². The van der Waals surface area contributed by atoms with Crippen LogP contribution in [0.25, 0.3) is 0 Å². The predicted octanol–water partition coefficient (Wildman–Crippen LogP) is 1.85. The molecule has 0 spiro atoms. The molecule has 1 saturated carbocycles. The molecular weight excluding hydrogens is 296 g/mol. The van der Waals surface area contributed by atoms with E-state index in [4.69, 9.17) is 4.42 Å². The number of nitrogens with one attached hydrogen (secondary N) is 2. The standard InChI is InChI=1S/C17H26N2O4/c20-12-13-6-2-1-3-7-14(13)19-16(21)9-4-10-18-17(22)15-8-5-11-23-15/h5,8,11,13-14,20H,1-4,6-7,9-10,12H2,(H,18,22)(H,19,21). The average Bonchev–Trinajstić information content (AvgIpc) is 3.00. The first-order valence-electron chi connectivity index (χ1n) is 8.42. The molecule has 23 heavy (non-hydrogen) atoms. The second-order valence-corrected chi connectivity index (χ2v) is 6.09. The highest BCUT2D eigenvalue weighted by Crippen LogP contribution is 2.23. The van der Waals surface area contributed by atoms with Gasteiger partial charge in [0.1, 0.15) is 0 Å². The Hall–Kier alpha value is -1.82. The Morgan fingerprint density at radius 2 is 2.09 bits per heavy atom. The third-order valence-electron chi connectivity index (χ3n) is 4.35. The third-order valence-corrected chi connectivity index (χ3v) is 4.35. The zero-order valence-electron chi connectivity index (χ0n) is 13.4. The highest BCUT2D eigenvalue weighted by molar-refractivity contribution is 5.91. The number of hydrogen-bond acceptors (Lipinski definition) is 4. The maximum atomic E-state index is 12.0. The van der Waals surface area contributed by atoms with Crippen LogP contribution >= 0.6 is 0 Å². The summed E-state index contributed by atoms with van der Waals surface area (Å²) in [6, 6.07) is 3.34. The lowest BCUT2D eigenvalue weighted by Gasteiger charge is -2.24. The van der Waals surface area contributed by atoms with Gasteiger partial charge >= 0.3 is 0 Å². The Balaban J connectivity index is 1.65. The van der Waals surface area contributed by atoms with Gasteiger partial charge in [-0.05, 0) is 31.4 Å². The Labute approximate surface area is 136 Å². The van der Waals surface area contributed by atoms with Crippen LogP contribution in [0.3, 0.4) is 0 Å². The molecule has 2 unspecified atom stereocenters. The second-order valence-electron chi connectivity index (χ2n) is 6.09. The van der Waals surface area contributed by atoms with Crippen molar-refractivity contribution >= 4 is 11.8 Å². The topological polar surface area (TPSA) is 91.6 Å². The Morgan fingerprint density at radius 1 is 1.26 bits per heavy atom. The molecule has 0 radical (unpaired) electrons.